The van der Waals surface area contributed by atoms with Crippen LogP contribution in [0.3, 0.4) is 0 Å². The molecule has 82 valence electrons. The van der Waals surface area contributed by atoms with Crippen LogP contribution in [-0.2, 0) is 14.1 Å². The Balaban J connectivity index is 0.000000531. The Kier molecular flexibility index (Phi) is 3.35. The summed E-state index contributed by atoms with van der Waals surface area (Å²) in [5, 5.41) is 0. The van der Waals surface area contributed by atoms with Gasteiger partial charge < -0.3 is 0 Å². The molecule has 0 unspecified atom stereocenters. The first-order chi connectivity index (χ1) is 7.11. The molecule has 0 N–H and O–H groups in total. The van der Waals surface area contributed by atoms with Crippen LogP contribution in [0.1, 0.15) is 19.4 Å². The lowest BCUT2D eigenvalue weighted by molar-refractivity contribution is 0.795. The molecule has 0 amide bonds. The third-order valence-electron chi connectivity index (χ3n) is 2.43. The molecule has 0 saturated heterocycles. The first-order valence-electron chi connectivity index (χ1n) is 5.23. The van der Waals surface area contributed by atoms with Gasteiger partial charge in [0, 0.05) is 14.1 Å². The van der Waals surface area contributed by atoms with Crippen LogP contribution in [0, 0.1) is 6.92 Å². The molecule has 2 aromatic rings. The summed E-state index contributed by atoms with van der Waals surface area (Å²) in [6, 6.07) is 6.02. The summed E-state index contributed by atoms with van der Waals surface area (Å²) in [6.45, 7) is 6.02. The molecule has 1 aromatic heterocycles. The number of aryl methyl sites for hydroxylation is 3. The molecule has 0 aliphatic rings. The molecular formula is C12H18N2O. The second kappa shape index (κ2) is 4.34. The first kappa shape index (κ1) is 11.6. The lowest BCUT2D eigenvalue weighted by atomic mass is 10.2. The summed E-state index contributed by atoms with van der Waals surface area (Å²) in [7, 11) is 3.59. The van der Waals surface area contributed by atoms with Crippen LogP contribution in [0.2, 0.25) is 0 Å². The van der Waals surface area contributed by atoms with E-state index < -0.39 is 0 Å². The fraction of sp³-hybridized carbons (Fsp3) is 0.417. The number of nitrogens with zero attached hydrogens (tertiary/aromatic N) is 2. The van der Waals surface area contributed by atoms with Gasteiger partial charge in [-0.15, -0.1) is 0 Å². The molecule has 0 atom stereocenters. The minimum atomic E-state index is 0.0283. The van der Waals surface area contributed by atoms with Crippen molar-refractivity contribution in [2.24, 2.45) is 14.1 Å². The van der Waals surface area contributed by atoms with E-state index in [2.05, 4.69) is 0 Å². The zero-order valence-corrected chi connectivity index (χ0v) is 10.0. The number of hydrogen-bond acceptors (Lipinski definition) is 1. The van der Waals surface area contributed by atoms with Crippen molar-refractivity contribution >= 4 is 11.0 Å². The summed E-state index contributed by atoms with van der Waals surface area (Å²) in [5.41, 5.74) is 3.18. The Morgan fingerprint density at radius 3 is 2.13 bits per heavy atom. The maximum atomic E-state index is 11.5. The molecule has 3 heteroatoms. The van der Waals surface area contributed by atoms with Gasteiger partial charge in [-0.3, -0.25) is 9.13 Å². The number of aromatic nitrogens is 2. The molecule has 15 heavy (non-hydrogen) atoms. The Labute approximate surface area is 90.0 Å². The lowest BCUT2D eigenvalue weighted by Gasteiger charge is -1.95. The van der Waals surface area contributed by atoms with Crippen LogP contribution < -0.4 is 5.69 Å². The van der Waals surface area contributed by atoms with E-state index in [1.807, 2.05) is 39.0 Å². The molecule has 1 heterocycles. The van der Waals surface area contributed by atoms with E-state index in [9.17, 15) is 4.79 Å². The average Bonchev–Trinajstić information content (AvgIpc) is 2.47. The summed E-state index contributed by atoms with van der Waals surface area (Å²) in [5.74, 6) is 0. The van der Waals surface area contributed by atoms with E-state index in [0.29, 0.717) is 0 Å². The standard InChI is InChI=1S/C10H12N2O.C2H6/c1-7-4-5-8-9(6-7)12(3)10(13)11(8)2;1-2/h4-6H,1-3H3;1-2H3. The molecular weight excluding hydrogens is 188 g/mol. The van der Waals surface area contributed by atoms with Crippen molar-refractivity contribution in [3.8, 4) is 0 Å². The Bertz CT molecular complexity index is 520. The minimum absolute atomic E-state index is 0.0283. The molecule has 0 aliphatic carbocycles. The lowest BCUT2D eigenvalue weighted by Crippen LogP contribution is -2.19. The van der Waals surface area contributed by atoms with E-state index >= 15 is 0 Å². The van der Waals surface area contributed by atoms with Crippen molar-refractivity contribution in [2.75, 3.05) is 0 Å². The normalized spacial score (nSPS) is 9.93. The van der Waals surface area contributed by atoms with E-state index in [1.165, 1.54) is 5.56 Å². The number of hydrogen-bond donors (Lipinski definition) is 0. The molecule has 1 aromatic carbocycles. The number of imidazole rings is 1. The summed E-state index contributed by atoms with van der Waals surface area (Å²) in [6.07, 6.45) is 0. The van der Waals surface area contributed by atoms with Crippen LogP contribution in [0.15, 0.2) is 23.0 Å². The smallest absolute Gasteiger partial charge is 0.295 e. The van der Waals surface area contributed by atoms with Crippen molar-refractivity contribution in [2.45, 2.75) is 20.8 Å². The first-order valence-corrected chi connectivity index (χ1v) is 5.23. The third kappa shape index (κ3) is 1.82. The Morgan fingerprint density at radius 2 is 1.53 bits per heavy atom. The van der Waals surface area contributed by atoms with Crippen LogP contribution in [0.5, 0.6) is 0 Å². The molecule has 0 bridgehead atoms. The quantitative estimate of drug-likeness (QED) is 0.649. The van der Waals surface area contributed by atoms with Crippen molar-refractivity contribution in [3.63, 3.8) is 0 Å². The summed E-state index contributed by atoms with van der Waals surface area (Å²) < 4.78 is 3.33. The largest absolute Gasteiger partial charge is 0.328 e. The maximum absolute atomic E-state index is 11.5. The molecule has 0 aliphatic heterocycles. The summed E-state index contributed by atoms with van der Waals surface area (Å²) >= 11 is 0. The van der Waals surface area contributed by atoms with Crippen molar-refractivity contribution < 1.29 is 0 Å². The molecule has 0 saturated carbocycles. The summed E-state index contributed by atoms with van der Waals surface area (Å²) in [4.78, 5) is 11.5. The van der Waals surface area contributed by atoms with Gasteiger partial charge in [0.05, 0.1) is 11.0 Å². The second-order valence-electron chi connectivity index (χ2n) is 3.39. The SMILES string of the molecule is CC.Cc1ccc2c(c1)n(C)c(=O)n2C. The van der Waals surface area contributed by atoms with Crippen molar-refractivity contribution in [1.82, 2.24) is 9.13 Å². The van der Waals surface area contributed by atoms with Crippen molar-refractivity contribution in [1.29, 1.82) is 0 Å². The van der Waals surface area contributed by atoms with Gasteiger partial charge in [0.2, 0.25) is 0 Å². The molecule has 0 spiro atoms. The average molecular weight is 206 g/mol. The van der Waals surface area contributed by atoms with Gasteiger partial charge in [0.1, 0.15) is 0 Å². The molecule has 0 fully saturated rings. The monoisotopic (exact) mass is 206 g/mol. The zero-order chi connectivity index (χ0) is 11.6. The van der Waals surface area contributed by atoms with Crippen molar-refractivity contribution in [3.05, 3.63) is 34.2 Å². The molecule has 3 nitrogen and oxygen atoms in total. The highest BCUT2D eigenvalue weighted by atomic mass is 16.1. The van der Waals surface area contributed by atoms with E-state index in [-0.39, 0.29) is 5.69 Å². The van der Waals surface area contributed by atoms with E-state index in [1.54, 1.807) is 23.2 Å². The molecule has 2 rings (SSSR count). The second-order valence-corrected chi connectivity index (χ2v) is 3.39. The van der Waals surface area contributed by atoms with E-state index in [0.717, 1.165) is 11.0 Å². The van der Waals surface area contributed by atoms with Crippen LogP contribution in [0.25, 0.3) is 11.0 Å². The van der Waals surface area contributed by atoms with Gasteiger partial charge in [-0.25, -0.2) is 4.79 Å². The van der Waals surface area contributed by atoms with Crippen LogP contribution in [0.4, 0.5) is 0 Å². The Morgan fingerprint density at radius 1 is 1.00 bits per heavy atom. The van der Waals surface area contributed by atoms with Crippen LogP contribution >= 0.6 is 0 Å². The fourth-order valence-corrected chi connectivity index (χ4v) is 1.62. The third-order valence-corrected chi connectivity index (χ3v) is 2.43. The van der Waals surface area contributed by atoms with Gasteiger partial charge >= 0.3 is 5.69 Å². The van der Waals surface area contributed by atoms with Gasteiger partial charge in [-0.1, -0.05) is 19.9 Å². The number of benzene rings is 1. The highest BCUT2D eigenvalue weighted by Crippen LogP contribution is 2.12. The fourth-order valence-electron chi connectivity index (χ4n) is 1.62. The molecule has 0 radical (unpaired) electrons. The number of rotatable bonds is 0. The maximum Gasteiger partial charge on any atom is 0.328 e. The predicted molar refractivity (Wildman–Crippen MR) is 64.2 cm³/mol. The highest BCUT2D eigenvalue weighted by Gasteiger charge is 2.05. The van der Waals surface area contributed by atoms with Gasteiger partial charge in [0.25, 0.3) is 0 Å². The minimum Gasteiger partial charge on any atom is -0.295 e. The van der Waals surface area contributed by atoms with Gasteiger partial charge in [0.15, 0.2) is 0 Å². The van der Waals surface area contributed by atoms with Gasteiger partial charge in [-0.2, -0.15) is 0 Å². The highest BCUT2D eigenvalue weighted by molar-refractivity contribution is 5.76. The zero-order valence-electron chi connectivity index (χ0n) is 10.0. The van der Waals surface area contributed by atoms with E-state index in [4.69, 9.17) is 0 Å². The Hall–Kier alpha value is -1.51. The van der Waals surface area contributed by atoms with Gasteiger partial charge in [-0.05, 0) is 24.6 Å². The number of fused-ring (bicyclic) bond motifs is 1. The predicted octanol–water partition coefficient (Wildman–Crippen LogP) is 2.21. The topological polar surface area (TPSA) is 26.9 Å². The van der Waals surface area contributed by atoms with Crippen LogP contribution in [-0.4, -0.2) is 9.13 Å².